The Morgan fingerprint density at radius 2 is 1.88 bits per heavy atom. The molecular formula is C25H23N3O5. The Kier molecular flexibility index (Phi) is 5.83. The summed E-state index contributed by atoms with van der Waals surface area (Å²) >= 11 is 0. The van der Waals surface area contributed by atoms with Crippen molar-refractivity contribution >= 4 is 23.4 Å². The standard InChI is InChI=1S/C25H23N3O5/c1-14-18(15(2)27-20(14)25(32)33-3)22(29)19-21(17-9-5-4-6-10-17)28(24(31)23(19)30)13-16-8-7-11-26-12-16/h4-12,21,27,29H,13H2,1-3H3/b22-19+/t21-/m0/s1. The predicted octanol–water partition coefficient (Wildman–Crippen LogP) is 3.44. The first-order valence-electron chi connectivity index (χ1n) is 10.3. The fourth-order valence-electron chi connectivity index (χ4n) is 4.26. The van der Waals surface area contributed by atoms with Crippen LogP contribution >= 0.6 is 0 Å². The molecule has 0 aliphatic carbocycles. The minimum Gasteiger partial charge on any atom is -0.507 e. The summed E-state index contributed by atoms with van der Waals surface area (Å²) < 4.78 is 4.80. The zero-order valence-electron chi connectivity index (χ0n) is 18.5. The smallest absolute Gasteiger partial charge is 0.354 e. The number of nitrogens with zero attached hydrogens (tertiary/aromatic N) is 2. The number of carbonyl (C=O) groups is 3. The maximum Gasteiger partial charge on any atom is 0.354 e. The number of aliphatic hydroxyl groups excluding tert-OH is 1. The minimum absolute atomic E-state index is 0.0308. The molecule has 3 heterocycles. The number of aliphatic hydroxyl groups is 1. The van der Waals surface area contributed by atoms with Crippen LogP contribution in [0.1, 0.15) is 44.5 Å². The quantitative estimate of drug-likeness (QED) is 0.269. The fraction of sp³-hybridized carbons (Fsp3) is 0.200. The maximum absolute atomic E-state index is 13.2. The lowest BCUT2D eigenvalue weighted by Crippen LogP contribution is -2.29. The number of hydrogen-bond donors (Lipinski definition) is 2. The van der Waals surface area contributed by atoms with E-state index in [-0.39, 0.29) is 23.6 Å². The van der Waals surface area contributed by atoms with Crippen LogP contribution < -0.4 is 0 Å². The van der Waals surface area contributed by atoms with Crippen molar-refractivity contribution in [3.63, 3.8) is 0 Å². The molecule has 1 fully saturated rings. The number of nitrogens with one attached hydrogen (secondary N) is 1. The number of rotatable bonds is 5. The van der Waals surface area contributed by atoms with E-state index in [0.717, 1.165) is 5.56 Å². The number of likely N-dealkylation sites (tertiary alicyclic amines) is 1. The summed E-state index contributed by atoms with van der Waals surface area (Å²) in [6.45, 7) is 3.47. The van der Waals surface area contributed by atoms with Gasteiger partial charge in [-0.25, -0.2) is 4.79 Å². The van der Waals surface area contributed by atoms with Gasteiger partial charge in [0.1, 0.15) is 11.5 Å². The van der Waals surface area contributed by atoms with E-state index in [4.69, 9.17) is 4.74 Å². The molecule has 0 saturated carbocycles. The molecule has 0 radical (unpaired) electrons. The second kappa shape index (κ2) is 8.74. The van der Waals surface area contributed by atoms with E-state index in [2.05, 4.69) is 9.97 Å². The van der Waals surface area contributed by atoms with Gasteiger partial charge in [-0.1, -0.05) is 36.4 Å². The van der Waals surface area contributed by atoms with Crippen LogP contribution in [-0.4, -0.2) is 44.7 Å². The van der Waals surface area contributed by atoms with Gasteiger partial charge in [-0.15, -0.1) is 0 Å². The van der Waals surface area contributed by atoms with E-state index in [1.54, 1.807) is 44.4 Å². The first-order valence-corrected chi connectivity index (χ1v) is 10.3. The lowest BCUT2D eigenvalue weighted by atomic mass is 9.94. The van der Waals surface area contributed by atoms with E-state index in [1.807, 2.05) is 24.3 Å². The lowest BCUT2D eigenvalue weighted by molar-refractivity contribution is -0.140. The first kappa shape index (κ1) is 22.0. The molecule has 8 heteroatoms. The number of Topliss-reactive ketones (excluding diaryl/α,β-unsaturated/α-hetero) is 1. The van der Waals surface area contributed by atoms with E-state index >= 15 is 0 Å². The number of aromatic amines is 1. The van der Waals surface area contributed by atoms with Crippen molar-refractivity contribution in [1.29, 1.82) is 0 Å². The Bertz CT molecular complexity index is 1260. The van der Waals surface area contributed by atoms with Gasteiger partial charge in [0.15, 0.2) is 0 Å². The van der Waals surface area contributed by atoms with E-state index < -0.39 is 23.7 Å². The number of esters is 1. The number of benzene rings is 1. The van der Waals surface area contributed by atoms with Crippen molar-refractivity contribution in [3.8, 4) is 0 Å². The Labute approximate surface area is 190 Å². The Morgan fingerprint density at radius 3 is 2.52 bits per heavy atom. The second-order valence-corrected chi connectivity index (χ2v) is 7.82. The highest BCUT2D eigenvalue weighted by atomic mass is 16.5. The average molecular weight is 445 g/mol. The summed E-state index contributed by atoms with van der Waals surface area (Å²) in [5, 5.41) is 11.3. The molecule has 4 rings (SSSR count). The van der Waals surface area contributed by atoms with Crippen LogP contribution in [0.4, 0.5) is 0 Å². The number of pyridine rings is 1. The first-order chi connectivity index (χ1) is 15.8. The molecule has 1 aromatic carbocycles. The SMILES string of the molecule is COC(=O)c1[nH]c(C)c(/C(O)=C2\C(=O)C(=O)N(Cc3cccnc3)[C@H]2c2ccccc2)c1C. The van der Waals surface area contributed by atoms with Gasteiger partial charge in [-0.2, -0.15) is 0 Å². The largest absolute Gasteiger partial charge is 0.507 e. The van der Waals surface area contributed by atoms with Crippen LogP contribution in [0.2, 0.25) is 0 Å². The van der Waals surface area contributed by atoms with Gasteiger partial charge in [0.2, 0.25) is 0 Å². The molecule has 8 nitrogen and oxygen atoms in total. The van der Waals surface area contributed by atoms with Gasteiger partial charge in [0.25, 0.3) is 11.7 Å². The number of amides is 1. The molecule has 1 amide bonds. The van der Waals surface area contributed by atoms with Gasteiger partial charge in [0.05, 0.1) is 18.7 Å². The van der Waals surface area contributed by atoms with Gasteiger partial charge in [-0.05, 0) is 36.6 Å². The van der Waals surface area contributed by atoms with Crippen LogP contribution in [0, 0.1) is 13.8 Å². The summed E-state index contributed by atoms with van der Waals surface area (Å²) in [7, 11) is 1.26. The molecule has 3 aromatic rings. The third-order valence-corrected chi connectivity index (χ3v) is 5.79. The number of carbonyl (C=O) groups excluding carboxylic acids is 3. The van der Waals surface area contributed by atoms with Crippen LogP contribution in [0.25, 0.3) is 5.76 Å². The van der Waals surface area contributed by atoms with Crippen molar-refractivity contribution in [2.24, 2.45) is 0 Å². The lowest BCUT2D eigenvalue weighted by Gasteiger charge is -2.25. The Morgan fingerprint density at radius 1 is 1.15 bits per heavy atom. The number of aryl methyl sites for hydroxylation is 1. The van der Waals surface area contributed by atoms with Crippen molar-refractivity contribution in [2.45, 2.75) is 26.4 Å². The molecule has 33 heavy (non-hydrogen) atoms. The summed E-state index contributed by atoms with van der Waals surface area (Å²) in [5.41, 5.74) is 2.80. The molecule has 1 aliphatic heterocycles. The molecule has 0 bridgehead atoms. The average Bonchev–Trinajstić information content (AvgIpc) is 3.27. The van der Waals surface area contributed by atoms with Crippen LogP contribution in [0.5, 0.6) is 0 Å². The van der Waals surface area contributed by atoms with Gasteiger partial charge >= 0.3 is 5.97 Å². The van der Waals surface area contributed by atoms with Gasteiger partial charge in [-0.3, -0.25) is 14.6 Å². The zero-order valence-corrected chi connectivity index (χ0v) is 18.5. The molecular weight excluding hydrogens is 422 g/mol. The molecule has 1 saturated heterocycles. The van der Waals surface area contributed by atoms with Crippen molar-refractivity contribution in [3.05, 3.63) is 94.1 Å². The number of hydrogen-bond acceptors (Lipinski definition) is 6. The van der Waals surface area contributed by atoms with Crippen LogP contribution in [0.15, 0.2) is 60.4 Å². The summed E-state index contributed by atoms with van der Waals surface area (Å²) in [4.78, 5) is 46.8. The van der Waals surface area contributed by atoms with E-state index in [9.17, 15) is 19.5 Å². The summed E-state index contributed by atoms with van der Waals surface area (Å²) in [5.74, 6) is -2.43. The third-order valence-electron chi connectivity index (χ3n) is 5.79. The summed E-state index contributed by atoms with van der Waals surface area (Å²) in [6, 6.07) is 11.8. The normalized spacial score (nSPS) is 17.4. The van der Waals surface area contributed by atoms with Gasteiger partial charge in [0, 0.05) is 30.2 Å². The number of ketones is 1. The van der Waals surface area contributed by atoms with Crippen molar-refractivity contribution in [2.75, 3.05) is 7.11 Å². The molecule has 0 spiro atoms. The minimum atomic E-state index is -0.804. The van der Waals surface area contributed by atoms with Crippen LogP contribution in [0.3, 0.4) is 0 Å². The number of methoxy groups -OCH3 is 1. The highest BCUT2D eigenvalue weighted by molar-refractivity contribution is 6.46. The molecule has 168 valence electrons. The molecule has 1 atom stereocenters. The van der Waals surface area contributed by atoms with Crippen molar-refractivity contribution < 1.29 is 24.2 Å². The molecule has 1 aliphatic rings. The number of H-pyrrole nitrogens is 1. The number of ether oxygens (including phenoxy) is 1. The highest BCUT2D eigenvalue weighted by Gasteiger charge is 2.46. The van der Waals surface area contributed by atoms with Crippen molar-refractivity contribution in [1.82, 2.24) is 14.9 Å². The second-order valence-electron chi connectivity index (χ2n) is 7.82. The monoisotopic (exact) mass is 445 g/mol. The highest BCUT2D eigenvalue weighted by Crippen LogP contribution is 2.41. The van der Waals surface area contributed by atoms with Gasteiger partial charge < -0.3 is 19.7 Å². The third kappa shape index (κ3) is 3.80. The van der Waals surface area contributed by atoms with Crippen LogP contribution in [-0.2, 0) is 20.9 Å². The molecule has 2 N–H and O–H groups in total. The maximum atomic E-state index is 13.2. The number of aromatic nitrogens is 2. The molecule has 2 aromatic heterocycles. The molecule has 0 unspecified atom stereocenters. The summed E-state index contributed by atoms with van der Waals surface area (Å²) in [6.07, 6.45) is 3.26. The van der Waals surface area contributed by atoms with E-state index in [0.29, 0.717) is 22.4 Å². The Balaban J connectivity index is 1.90. The zero-order chi connectivity index (χ0) is 23.7. The fourth-order valence-corrected chi connectivity index (χ4v) is 4.26. The predicted molar refractivity (Wildman–Crippen MR) is 120 cm³/mol. The van der Waals surface area contributed by atoms with E-state index in [1.165, 1.54) is 12.0 Å². The topological polar surface area (TPSA) is 113 Å². The Hall–Kier alpha value is -4.20.